The number of carbonyl (C=O) groups is 1. The molecule has 166 valence electrons. The monoisotopic (exact) mass is 439 g/mol. The van der Waals surface area contributed by atoms with Gasteiger partial charge in [0.15, 0.2) is 0 Å². The maximum Gasteiger partial charge on any atom is 0.320 e. The molecule has 32 heavy (non-hydrogen) atoms. The Hall–Kier alpha value is -3.46. The number of nitrogens with zero attached hydrogens (tertiary/aromatic N) is 1. The number of hydrogen-bond acceptors (Lipinski definition) is 7. The molecule has 0 amide bonds. The molecule has 1 aliphatic rings. The molecule has 1 aliphatic heterocycles. The minimum absolute atomic E-state index is 0.220. The van der Waals surface area contributed by atoms with Crippen LogP contribution in [-0.2, 0) is 9.53 Å². The first-order valence-electron chi connectivity index (χ1n) is 10.1. The molecule has 8 heteroatoms. The van der Waals surface area contributed by atoms with Crippen LogP contribution in [0.5, 0.6) is 23.0 Å². The Kier molecular flexibility index (Phi) is 6.36. The summed E-state index contributed by atoms with van der Waals surface area (Å²) in [5, 5.41) is 21.0. The van der Waals surface area contributed by atoms with Gasteiger partial charge < -0.3 is 24.4 Å². The smallest absolute Gasteiger partial charge is 0.320 e. The first-order chi connectivity index (χ1) is 15.4. The lowest BCUT2D eigenvalue weighted by Gasteiger charge is -2.22. The number of fused-ring (bicyclic) bond motifs is 1. The van der Waals surface area contributed by atoms with E-state index in [2.05, 4.69) is 0 Å². The minimum Gasteiger partial charge on any atom is -0.465 e. The van der Waals surface area contributed by atoms with E-state index in [0.29, 0.717) is 34.1 Å². The molecule has 7 nitrogen and oxygen atoms in total. The number of aliphatic hydroxyl groups excluding tert-OH is 2. The fraction of sp³-hybridized carbons (Fsp3) is 0.208. The molecule has 0 radical (unpaired) electrons. The second-order valence-corrected chi connectivity index (χ2v) is 7.14. The Labute approximate surface area is 184 Å². The van der Waals surface area contributed by atoms with Crippen LogP contribution in [0.15, 0.2) is 66.7 Å². The molecule has 2 unspecified atom stereocenters. The van der Waals surface area contributed by atoms with Gasteiger partial charge in [-0.15, -0.1) is 0 Å². The summed E-state index contributed by atoms with van der Waals surface area (Å²) < 4.78 is 29.4. The first-order valence-corrected chi connectivity index (χ1v) is 10.1. The molecule has 4 rings (SSSR count). The highest BCUT2D eigenvalue weighted by Gasteiger charge is 2.38. The third-order valence-electron chi connectivity index (χ3n) is 4.97. The summed E-state index contributed by atoms with van der Waals surface area (Å²) in [4.78, 5) is 13.0. The number of carbonyl (C=O) groups excluding carboxylic acids is 1. The largest absolute Gasteiger partial charge is 0.465 e. The summed E-state index contributed by atoms with van der Waals surface area (Å²) in [5.41, 5.74) is 0.952. The highest BCUT2D eigenvalue weighted by atomic mass is 19.1. The molecule has 2 N–H and O–H groups in total. The van der Waals surface area contributed by atoms with Gasteiger partial charge in [0.05, 0.1) is 6.61 Å². The number of benzene rings is 3. The van der Waals surface area contributed by atoms with E-state index < -0.39 is 18.4 Å². The van der Waals surface area contributed by atoms with Crippen LogP contribution < -0.4 is 9.47 Å². The van der Waals surface area contributed by atoms with Gasteiger partial charge >= 0.3 is 5.97 Å². The van der Waals surface area contributed by atoms with Crippen molar-refractivity contribution in [2.45, 2.75) is 19.4 Å². The van der Waals surface area contributed by atoms with Crippen molar-refractivity contribution >= 4 is 5.97 Å². The predicted octanol–water partition coefficient (Wildman–Crippen LogP) is 4.27. The highest BCUT2D eigenvalue weighted by molar-refractivity contribution is 5.72. The van der Waals surface area contributed by atoms with E-state index in [1.54, 1.807) is 49.4 Å². The van der Waals surface area contributed by atoms with Gasteiger partial charge in [-0.3, -0.25) is 4.79 Å². The van der Waals surface area contributed by atoms with Gasteiger partial charge in [0, 0.05) is 11.1 Å². The normalized spacial score (nSPS) is 17.6. The van der Waals surface area contributed by atoms with E-state index in [4.69, 9.17) is 14.2 Å². The van der Waals surface area contributed by atoms with Crippen molar-refractivity contribution < 1.29 is 33.6 Å². The SMILES string of the molecule is CCOC(=O)CN1C(O)c2ccc(Oc3ccc(Oc4ccc(F)cc4)cc3)cc2C1O. The summed E-state index contributed by atoms with van der Waals surface area (Å²) in [6.07, 6.45) is -2.29. The number of rotatable bonds is 7. The zero-order valence-corrected chi connectivity index (χ0v) is 17.3. The van der Waals surface area contributed by atoms with E-state index in [1.807, 2.05) is 0 Å². The van der Waals surface area contributed by atoms with Gasteiger partial charge in [-0.2, -0.15) is 0 Å². The molecule has 0 aromatic heterocycles. The minimum atomic E-state index is -1.17. The molecule has 1 heterocycles. The summed E-state index contributed by atoms with van der Waals surface area (Å²) in [6.45, 7) is 1.67. The van der Waals surface area contributed by atoms with E-state index in [-0.39, 0.29) is 19.0 Å². The zero-order chi connectivity index (χ0) is 22.7. The molecule has 2 atom stereocenters. The molecule has 0 spiro atoms. The average molecular weight is 439 g/mol. The molecular formula is C24H22FNO6. The van der Waals surface area contributed by atoms with Crippen LogP contribution in [0.3, 0.4) is 0 Å². The lowest BCUT2D eigenvalue weighted by atomic mass is 10.1. The standard InChI is InChI=1S/C24H22FNO6/c1-2-30-22(27)14-26-23(28)20-12-11-19(13-21(20)24(26)29)32-18-9-7-17(8-10-18)31-16-5-3-15(25)4-6-16/h3-13,23-24,28-29H,2,14H2,1H3. The van der Waals surface area contributed by atoms with Crippen LogP contribution >= 0.6 is 0 Å². The first kappa shape index (κ1) is 21.8. The van der Waals surface area contributed by atoms with Crippen LogP contribution in [0.1, 0.15) is 30.5 Å². The summed E-state index contributed by atoms with van der Waals surface area (Å²) >= 11 is 0. The van der Waals surface area contributed by atoms with Crippen LogP contribution in [0.25, 0.3) is 0 Å². The molecule has 0 fully saturated rings. The Morgan fingerprint density at radius 1 is 0.844 bits per heavy atom. The number of ether oxygens (including phenoxy) is 3. The lowest BCUT2D eigenvalue weighted by Crippen LogP contribution is -2.32. The van der Waals surface area contributed by atoms with E-state index in [0.717, 1.165) is 0 Å². The molecule has 3 aromatic carbocycles. The molecule has 0 aliphatic carbocycles. The second kappa shape index (κ2) is 9.35. The van der Waals surface area contributed by atoms with Gasteiger partial charge in [0.1, 0.15) is 47.8 Å². The third kappa shape index (κ3) is 4.72. The Morgan fingerprint density at radius 3 is 1.94 bits per heavy atom. The van der Waals surface area contributed by atoms with Crippen molar-refractivity contribution in [1.82, 2.24) is 4.90 Å². The van der Waals surface area contributed by atoms with Crippen LogP contribution in [0.4, 0.5) is 4.39 Å². The highest BCUT2D eigenvalue weighted by Crippen LogP contribution is 2.41. The van der Waals surface area contributed by atoms with Gasteiger partial charge in [-0.25, -0.2) is 9.29 Å². The number of hydrogen-bond donors (Lipinski definition) is 2. The number of halogens is 1. The fourth-order valence-electron chi connectivity index (χ4n) is 3.45. The molecule has 0 bridgehead atoms. The maximum absolute atomic E-state index is 13.0. The predicted molar refractivity (Wildman–Crippen MR) is 113 cm³/mol. The van der Waals surface area contributed by atoms with Crippen LogP contribution in [0.2, 0.25) is 0 Å². The van der Waals surface area contributed by atoms with Crippen molar-refractivity contribution in [3.8, 4) is 23.0 Å². The van der Waals surface area contributed by atoms with Crippen LogP contribution in [-0.4, -0.2) is 34.2 Å². The topological polar surface area (TPSA) is 88.5 Å². The van der Waals surface area contributed by atoms with Crippen molar-refractivity contribution in [2.24, 2.45) is 0 Å². The third-order valence-corrected chi connectivity index (χ3v) is 4.97. The van der Waals surface area contributed by atoms with Gasteiger partial charge in [-0.05, 0) is 67.6 Å². The van der Waals surface area contributed by atoms with E-state index in [1.165, 1.54) is 29.2 Å². The van der Waals surface area contributed by atoms with Gasteiger partial charge in [0.2, 0.25) is 0 Å². The Bertz CT molecular complexity index is 1090. The van der Waals surface area contributed by atoms with Crippen LogP contribution in [0, 0.1) is 5.82 Å². The summed E-state index contributed by atoms with van der Waals surface area (Å²) in [7, 11) is 0. The van der Waals surface area contributed by atoms with Crippen molar-refractivity contribution in [1.29, 1.82) is 0 Å². The zero-order valence-electron chi connectivity index (χ0n) is 17.3. The maximum atomic E-state index is 13.0. The van der Waals surface area contributed by atoms with Crippen molar-refractivity contribution in [3.63, 3.8) is 0 Å². The second-order valence-electron chi connectivity index (χ2n) is 7.14. The Balaban J connectivity index is 1.43. The van der Waals surface area contributed by atoms with E-state index >= 15 is 0 Å². The molecule has 3 aromatic rings. The molecule has 0 saturated heterocycles. The average Bonchev–Trinajstić information content (AvgIpc) is 3.01. The number of aliphatic hydroxyl groups is 2. The van der Waals surface area contributed by atoms with Crippen molar-refractivity contribution in [3.05, 3.63) is 83.7 Å². The molecule has 0 saturated carbocycles. The molecular weight excluding hydrogens is 417 g/mol. The number of esters is 1. The van der Waals surface area contributed by atoms with Crippen molar-refractivity contribution in [2.75, 3.05) is 13.2 Å². The van der Waals surface area contributed by atoms with E-state index in [9.17, 15) is 19.4 Å². The summed E-state index contributed by atoms with van der Waals surface area (Å²) in [5.74, 6) is 1.20. The quantitative estimate of drug-likeness (QED) is 0.532. The fourth-order valence-corrected chi connectivity index (χ4v) is 3.45. The van der Waals surface area contributed by atoms with Gasteiger partial charge in [0.25, 0.3) is 0 Å². The Morgan fingerprint density at radius 2 is 1.34 bits per heavy atom. The van der Waals surface area contributed by atoms with Gasteiger partial charge in [-0.1, -0.05) is 6.07 Å². The summed E-state index contributed by atoms with van der Waals surface area (Å²) in [6, 6.07) is 17.5. The lowest BCUT2D eigenvalue weighted by molar-refractivity contribution is -0.154.